The van der Waals surface area contributed by atoms with Gasteiger partial charge in [-0.05, 0) is 47.9 Å². The quantitative estimate of drug-likeness (QED) is 0.722. The first kappa shape index (κ1) is 21.0. The molecule has 2 amide bonds. The van der Waals surface area contributed by atoms with Crippen LogP contribution >= 0.6 is 15.9 Å². The van der Waals surface area contributed by atoms with E-state index in [1.165, 1.54) is 0 Å². The van der Waals surface area contributed by atoms with Crippen LogP contribution in [0.3, 0.4) is 0 Å². The van der Waals surface area contributed by atoms with Crippen molar-refractivity contribution >= 4 is 27.7 Å². The summed E-state index contributed by atoms with van der Waals surface area (Å²) in [4.78, 5) is 27.1. The Bertz CT molecular complexity index is 773. The average molecular weight is 433 g/mol. The van der Waals surface area contributed by atoms with Gasteiger partial charge in [-0.1, -0.05) is 41.9 Å². The number of amides is 2. The highest BCUT2D eigenvalue weighted by Crippen LogP contribution is 2.15. The summed E-state index contributed by atoms with van der Waals surface area (Å²) in [6, 6.07) is 14.0. The van der Waals surface area contributed by atoms with Crippen molar-refractivity contribution < 1.29 is 14.3 Å². The number of likely N-dealkylation sites (N-methyl/N-ethyl adjacent to an activating group) is 1. The van der Waals surface area contributed by atoms with Crippen molar-refractivity contribution in [2.45, 2.75) is 26.4 Å². The molecule has 1 N–H and O–H groups in total. The van der Waals surface area contributed by atoms with E-state index in [-0.39, 0.29) is 17.7 Å². The number of rotatable bonds is 7. The summed E-state index contributed by atoms with van der Waals surface area (Å²) in [6.07, 6.45) is 0. The molecule has 0 aromatic heterocycles. The van der Waals surface area contributed by atoms with Gasteiger partial charge in [-0.15, -0.1) is 0 Å². The summed E-state index contributed by atoms with van der Waals surface area (Å²) >= 11 is 3.41. The number of hydrogen-bond donors (Lipinski definition) is 1. The zero-order valence-electron chi connectivity index (χ0n) is 16.0. The summed E-state index contributed by atoms with van der Waals surface area (Å²) in [5, 5.41) is 2.87. The summed E-state index contributed by atoms with van der Waals surface area (Å²) in [5.41, 5.74) is 1.52. The molecule has 0 spiro atoms. The van der Waals surface area contributed by atoms with Crippen molar-refractivity contribution in [1.82, 2.24) is 10.2 Å². The smallest absolute Gasteiger partial charge is 0.251 e. The van der Waals surface area contributed by atoms with Crippen LogP contribution in [0.15, 0.2) is 53.0 Å². The zero-order chi connectivity index (χ0) is 20.0. The van der Waals surface area contributed by atoms with E-state index < -0.39 is 6.04 Å². The maximum atomic E-state index is 12.9. The fourth-order valence-electron chi connectivity index (χ4n) is 2.66. The Morgan fingerprint density at radius 2 is 1.67 bits per heavy atom. The highest BCUT2D eigenvalue weighted by Gasteiger charge is 2.27. The molecule has 27 heavy (non-hydrogen) atoms. The molecule has 0 saturated heterocycles. The van der Waals surface area contributed by atoms with E-state index in [0.29, 0.717) is 17.9 Å². The van der Waals surface area contributed by atoms with Gasteiger partial charge in [-0.3, -0.25) is 9.59 Å². The molecule has 0 radical (unpaired) electrons. The van der Waals surface area contributed by atoms with E-state index in [4.69, 9.17) is 4.74 Å². The monoisotopic (exact) mass is 432 g/mol. The van der Waals surface area contributed by atoms with E-state index >= 15 is 0 Å². The first-order valence-corrected chi connectivity index (χ1v) is 9.55. The fraction of sp³-hybridized carbons (Fsp3) is 0.333. The molecule has 0 saturated carbocycles. The van der Waals surface area contributed by atoms with Crippen molar-refractivity contribution in [2.24, 2.45) is 5.92 Å². The third kappa shape index (κ3) is 5.82. The summed E-state index contributed by atoms with van der Waals surface area (Å²) in [6.45, 7) is 4.32. The van der Waals surface area contributed by atoms with Crippen molar-refractivity contribution in [2.75, 3.05) is 14.2 Å². The number of hydrogen-bond acceptors (Lipinski definition) is 3. The van der Waals surface area contributed by atoms with Crippen LogP contribution < -0.4 is 10.1 Å². The van der Waals surface area contributed by atoms with Gasteiger partial charge >= 0.3 is 0 Å². The standard InChI is InChI=1S/C21H25BrN2O3/c1-14(2)19(23-20(25)16-7-11-18(27-4)12-8-16)21(26)24(3)13-15-5-9-17(22)10-6-15/h5-12,14,19H,13H2,1-4H3,(H,23,25). The zero-order valence-corrected chi connectivity index (χ0v) is 17.6. The van der Waals surface area contributed by atoms with Gasteiger partial charge in [0.2, 0.25) is 5.91 Å². The third-order valence-corrected chi connectivity index (χ3v) is 4.81. The second kappa shape index (κ2) is 9.55. The van der Waals surface area contributed by atoms with Gasteiger partial charge in [0.1, 0.15) is 11.8 Å². The Hall–Kier alpha value is -2.34. The van der Waals surface area contributed by atoms with Gasteiger partial charge in [-0.2, -0.15) is 0 Å². The molecule has 0 heterocycles. The highest BCUT2D eigenvalue weighted by atomic mass is 79.9. The van der Waals surface area contributed by atoms with Crippen LogP contribution in [0.2, 0.25) is 0 Å². The predicted molar refractivity (Wildman–Crippen MR) is 110 cm³/mol. The average Bonchev–Trinajstić information content (AvgIpc) is 2.67. The molecule has 1 unspecified atom stereocenters. The minimum absolute atomic E-state index is 0.0351. The lowest BCUT2D eigenvalue weighted by Crippen LogP contribution is -2.50. The molecule has 144 valence electrons. The molecule has 1 atom stereocenters. The molecule has 6 heteroatoms. The van der Waals surface area contributed by atoms with Crippen LogP contribution in [0, 0.1) is 5.92 Å². The first-order chi connectivity index (χ1) is 12.8. The molecule has 0 aliphatic rings. The number of nitrogens with zero attached hydrogens (tertiary/aromatic N) is 1. The third-order valence-electron chi connectivity index (χ3n) is 4.28. The molecule has 0 aliphatic heterocycles. The molecule has 0 bridgehead atoms. The normalized spacial score (nSPS) is 11.8. The van der Waals surface area contributed by atoms with Crippen LogP contribution in [-0.4, -0.2) is 36.9 Å². The maximum absolute atomic E-state index is 12.9. The first-order valence-electron chi connectivity index (χ1n) is 8.76. The van der Waals surface area contributed by atoms with Crippen LogP contribution in [0.5, 0.6) is 5.75 Å². The Morgan fingerprint density at radius 3 is 2.19 bits per heavy atom. The summed E-state index contributed by atoms with van der Waals surface area (Å²) < 4.78 is 6.10. The van der Waals surface area contributed by atoms with Gasteiger partial charge in [0.05, 0.1) is 7.11 Å². The number of methoxy groups -OCH3 is 1. The lowest BCUT2D eigenvalue weighted by Gasteiger charge is -2.27. The van der Waals surface area contributed by atoms with E-state index in [1.807, 2.05) is 38.1 Å². The van der Waals surface area contributed by atoms with Crippen molar-refractivity contribution in [3.63, 3.8) is 0 Å². The lowest BCUT2D eigenvalue weighted by atomic mass is 10.0. The van der Waals surface area contributed by atoms with Gasteiger partial charge in [0.15, 0.2) is 0 Å². The van der Waals surface area contributed by atoms with Crippen molar-refractivity contribution in [3.8, 4) is 5.75 Å². The molecular weight excluding hydrogens is 408 g/mol. The number of benzene rings is 2. The summed E-state index contributed by atoms with van der Waals surface area (Å²) in [5.74, 6) is 0.251. The maximum Gasteiger partial charge on any atom is 0.251 e. The molecular formula is C21H25BrN2O3. The van der Waals surface area contributed by atoms with E-state index in [2.05, 4.69) is 21.2 Å². The second-order valence-corrected chi connectivity index (χ2v) is 7.66. The number of nitrogens with one attached hydrogen (secondary N) is 1. The fourth-order valence-corrected chi connectivity index (χ4v) is 2.92. The van der Waals surface area contributed by atoms with E-state index in [1.54, 1.807) is 43.3 Å². The molecule has 5 nitrogen and oxygen atoms in total. The van der Waals surface area contributed by atoms with Crippen molar-refractivity contribution in [3.05, 3.63) is 64.1 Å². The lowest BCUT2D eigenvalue weighted by molar-refractivity contribution is -0.133. The van der Waals surface area contributed by atoms with Crippen LogP contribution in [0.4, 0.5) is 0 Å². The van der Waals surface area contributed by atoms with E-state index in [9.17, 15) is 9.59 Å². The molecule has 2 aromatic rings. The van der Waals surface area contributed by atoms with Crippen LogP contribution in [0.1, 0.15) is 29.8 Å². The summed E-state index contributed by atoms with van der Waals surface area (Å²) in [7, 11) is 3.32. The molecule has 2 rings (SSSR count). The minimum Gasteiger partial charge on any atom is -0.497 e. The SMILES string of the molecule is COc1ccc(C(=O)NC(C(=O)N(C)Cc2ccc(Br)cc2)C(C)C)cc1. The predicted octanol–water partition coefficient (Wildman–Crippen LogP) is 3.87. The second-order valence-electron chi connectivity index (χ2n) is 6.74. The largest absolute Gasteiger partial charge is 0.497 e. The number of ether oxygens (including phenoxy) is 1. The highest BCUT2D eigenvalue weighted by molar-refractivity contribution is 9.10. The number of carbonyl (C=O) groups is 2. The van der Waals surface area contributed by atoms with Crippen LogP contribution in [-0.2, 0) is 11.3 Å². The molecule has 0 fully saturated rings. The Morgan fingerprint density at radius 1 is 1.07 bits per heavy atom. The topological polar surface area (TPSA) is 58.6 Å². The van der Waals surface area contributed by atoms with Gasteiger partial charge < -0.3 is 15.0 Å². The van der Waals surface area contributed by atoms with Gasteiger partial charge in [0.25, 0.3) is 5.91 Å². The Kier molecular flexibility index (Phi) is 7.42. The number of carbonyl (C=O) groups excluding carboxylic acids is 2. The van der Waals surface area contributed by atoms with Crippen molar-refractivity contribution in [1.29, 1.82) is 0 Å². The molecule has 2 aromatic carbocycles. The Labute approximate surface area is 168 Å². The van der Waals surface area contributed by atoms with Crippen LogP contribution in [0.25, 0.3) is 0 Å². The van der Waals surface area contributed by atoms with Gasteiger partial charge in [0, 0.05) is 23.6 Å². The van der Waals surface area contributed by atoms with E-state index in [0.717, 1.165) is 10.0 Å². The van der Waals surface area contributed by atoms with Gasteiger partial charge in [-0.25, -0.2) is 0 Å². The number of halogens is 1. The minimum atomic E-state index is -0.597. The molecule has 0 aliphatic carbocycles. The Balaban J connectivity index is 2.06.